The molecule has 1 rings (SSSR count). The van der Waals surface area contributed by atoms with Gasteiger partial charge in [0, 0.05) is 12.7 Å². The predicted octanol–water partition coefficient (Wildman–Crippen LogP) is 1.98. The molecule has 4 nitrogen and oxygen atoms in total. The standard InChI is InChI=1S/C9H11ClN2O2/c1-2-14-9(13)12-6-7-3-4-8(10)11-5-7/h3-5H,2,6H2,1H3,(H,12,13). The number of hydrogen-bond donors (Lipinski definition) is 1. The first-order chi connectivity index (χ1) is 6.72. The molecule has 1 aromatic heterocycles. The van der Waals surface area contributed by atoms with Crippen molar-refractivity contribution in [1.29, 1.82) is 0 Å². The van der Waals surface area contributed by atoms with Crippen LogP contribution in [-0.4, -0.2) is 17.7 Å². The molecule has 14 heavy (non-hydrogen) atoms. The van der Waals surface area contributed by atoms with Crippen LogP contribution in [0, 0.1) is 0 Å². The second-order valence-corrected chi connectivity index (χ2v) is 2.95. The number of aromatic nitrogens is 1. The van der Waals surface area contributed by atoms with Gasteiger partial charge in [-0.3, -0.25) is 0 Å². The number of hydrogen-bond acceptors (Lipinski definition) is 3. The molecule has 0 radical (unpaired) electrons. The molecule has 1 heterocycles. The fraction of sp³-hybridized carbons (Fsp3) is 0.333. The summed E-state index contributed by atoms with van der Waals surface area (Å²) >= 11 is 5.60. The van der Waals surface area contributed by atoms with Gasteiger partial charge >= 0.3 is 6.09 Å². The Morgan fingerprint density at radius 3 is 3.00 bits per heavy atom. The van der Waals surface area contributed by atoms with Gasteiger partial charge in [0.1, 0.15) is 5.15 Å². The molecule has 0 fully saturated rings. The molecule has 0 aliphatic rings. The summed E-state index contributed by atoms with van der Waals surface area (Å²) in [7, 11) is 0. The van der Waals surface area contributed by atoms with Crippen molar-refractivity contribution in [1.82, 2.24) is 10.3 Å². The molecule has 0 aliphatic carbocycles. The van der Waals surface area contributed by atoms with E-state index in [-0.39, 0.29) is 0 Å². The van der Waals surface area contributed by atoms with E-state index in [1.54, 1.807) is 25.3 Å². The average Bonchev–Trinajstić information content (AvgIpc) is 2.17. The Morgan fingerprint density at radius 1 is 1.64 bits per heavy atom. The van der Waals surface area contributed by atoms with Crippen molar-refractivity contribution in [2.45, 2.75) is 13.5 Å². The molecule has 0 atom stereocenters. The van der Waals surface area contributed by atoms with Gasteiger partial charge in [0.05, 0.1) is 6.61 Å². The van der Waals surface area contributed by atoms with E-state index in [2.05, 4.69) is 10.3 Å². The zero-order valence-corrected chi connectivity index (χ0v) is 8.54. The number of nitrogens with zero attached hydrogens (tertiary/aromatic N) is 1. The second-order valence-electron chi connectivity index (χ2n) is 2.56. The highest BCUT2D eigenvalue weighted by atomic mass is 35.5. The molecular formula is C9H11ClN2O2. The maximum atomic E-state index is 10.9. The Bertz CT molecular complexity index is 300. The van der Waals surface area contributed by atoms with Crippen molar-refractivity contribution in [3.05, 3.63) is 29.0 Å². The Morgan fingerprint density at radius 2 is 2.43 bits per heavy atom. The van der Waals surface area contributed by atoms with Crippen LogP contribution in [-0.2, 0) is 11.3 Å². The third-order valence-electron chi connectivity index (χ3n) is 1.50. The number of carbonyl (C=O) groups is 1. The molecule has 76 valence electrons. The van der Waals surface area contributed by atoms with Gasteiger partial charge in [0.15, 0.2) is 0 Å². The van der Waals surface area contributed by atoms with E-state index in [4.69, 9.17) is 16.3 Å². The molecule has 0 spiro atoms. The van der Waals surface area contributed by atoms with E-state index in [9.17, 15) is 4.79 Å². The smallest absolute Gasteiger partial charge is 0.407 e. The van der Waals surface area contributed by atoms with E-state index in [1.807, 2.05) is 0 Å². The molecular weight excluding hydrogens is 204 g/mol. The Balaban J connectivity index is 2.38. The molecule has 1 N–H and O–H groups in total. The van der Waals surface area contributed by atoms with Crippen LogP contribution in [0.3, 0.4) is 0 Å². The highest BCUT2D eigenvalue weighted by Gasteiger charge is 1.99. The number of carbonyl (C=O) groups excluding carboxylic acids is 1. The summed E-state index contributed by atoms with van der Waals surface area (Å²) in [6, 6.07) is 3.46. The van der Waals surface area contributed by atoms with Gasteiger partial charge in [-0.1, -0.05) is 17.7 Å². The van der Waals surface area contributed by atoms with E-state index < -0.39 is 6.09 Å². The normalized spacial score (nSPS) is 9.57. The minimum atomic E-state index is -0.428. The number of amides is 1. The van der Waals surface area contributed by atoms with Gasteiger partial charge in [-0.15, -0.1) is 0 Å². The molecule has 1 aromatic rings. The zero-order chi connectivity index (χ0) is 10.4. The highest BCUT2D eigenvalue weighted by molar-refractivity contribution is 6.29. The predicted molar refractivity (Wildman–Crippen MR) is 53.1 cm³/mol. The van der Waals surface area contributed by atoms with Gasteiger partial charge in [0.25, 0.3) is 0 Å². The molecule has 0 saturated heterocycles. The second kappa shape index (κ2) is 5.44. The summed E-state index contributed by atoms with van der Waals surface area (Å²) in [5.74, 6) is 0. The summed E-state index contributed by atoms with van der Waals surface area (Å²) in [6.07, 6.45) is 1.18. The van der Waals surface area contributed by atoms with E-state index in [1.165, 1.54) is 0 Å². The van der Waals surface area contributed by atoms with E-state index in [0.29, 0.717) is 18.3 Å². The topological polar surface area (TPSA) is 51.2 Å². The number of halogens is 1. The van der Waals surface area contributed by atoms with Crippen LogP contribution in [0.15, 0.2) is 18.3 Å². The highest BCUT2D eigenvalue weighted by Crippen LogP contribution is 2.04. The van der Waals surface area contributed by atoms with Crippen LogP contribution in [0.2, 0.25) is 5.15 Å². The first-order valence-corrected chi connectivity index (χ1v) is 4.61. The van der Waals surface area contributed by atoms with Crippen LogP contribution in [0.4, 0.5) is 4.79 Å². The lowest BCUT2D eigenvalue weighted by atomic mass is 10.3. The Kier molecular flexibility index (Phi) is 4.19. The zero-order valence-electron chi connectivity index (χ0n) is 7.79. The lowest BCUT2D eigenvalue weighted by Gasteiger charge is -2.04. The third-order valence-corrected chi connectivity index (χ3v) is 1.72. The molecule has 0 bridgehead atoms. The summed E-state index contributed by atoms with van der Waals surface area (Å²) in [6.45, 7) is 2.51. The average molecular weight is 215 g/mol. The first-order valence-electron chi connectivity index (χ1n) is 4.23. The number of nitrogens with one attached hydrogen (secondary N) is 1. The van der Waals surface area contributed by atoms with Crippen LogP contribution in [0.5, 0.6) is 0 Å². The van der Waals surface area contributed by atoms with Gasteiger partial charge in [-0.05, 0) is 18.6 Å². The minimum absolute atomic E-state index is 0.366. The van der Waals surface area contributed by atoms with Crippen molar-refractivity contribution >= 4 is 17.7 Å². The van der Waals surface area contributed by atoms with Crippen molar-refractivity contribution in [3.8, 4) is 0 Å². The summed E-state index contributed by atoms with van der Waals surface area (Å²) in [5, 5.41) is 3.01. The fourth-order valence-corrected chi connectivity index (χ4v) is 0.979. The van der Waals surface area contributed by atoms with E-state index in [0.717, 1.165) is 5.56 Å². The quantitative estimate of drug-likeness (QED) is 0.783. The van der Waals surface area contributed by atoms with Gasteiger partial charge in [-0.2, -0.15) is 0 Å². The summed E-state index contributed by atoms with van der Waals surface area (Å²) in [4.78, 5) is 14.8. The monoisotopic (exact) mass is 214 g/mol. The number of pyridine rings is 1. The summed E-state index contributed by atoms with van der Waals surface area (Å²) < 4.78 is 4.69. The number of rotatable bonds is 3. The molecule has 0 aliphatic heterocycles. The van der Waals surface area contributed by atoms with Crippen LogP contribution in [0.25, 0.3) is 0 Å². The maximum absolute atomic E-state index is 10.9. The van der Waals surface area contributed by atoms with Crippen molar-refractivity contribution in [3.63, 3.8) is 0 Å². The molecule has 5 heteroatoms. The lowest BCUT2D eigenvalue weighted by Crippen LogP contribution is -2.23. The molecule has 0 aromatic carbocycles. The third kappa shape index (κ3) is 3.62. The minimum Gasteiger partial charge on any atom is -0.450 e. The van der Waals surface area contributed by atoms with Gasteiger partial charge < -0.3 is 10.1 Å². The Hall–Kier alpha value is -1.29. The Labute approximate surface area is 87.2 Å². The van der Waals surface area contributed by atoms with Crippen LogP contribution >= 0.6 is 11.6 Å². The van der Waals surface area contributed by atoms with Crippen molar-refractivity contribution in [2.75, 3.05) is 6.61 Å². The number of ether oxygens (including phenoxy) is 1. The first kappa shape index (κ1) is 10.8. The fourth-order valence-electron chi connectivity index (χ4n) is 0.867. The maximum Gasteiger partial charge on any atom is 0.407 e. The summed E-state index contributed by atoms with van der Waals surface area (Å²) in [5.41, 5.74) is 0.877. The molecule has 0 saturated carbocycles. The molecule has 0 unspecified atom stereocenters. The number of alkyl carbamates (subject to hydrolysis) is 1. The van der Waals surface area contributed by atoms with Crippen molar-refractivity contribution in [2.24, 2.45) is 0 Å². The van der Waals surface area contributed by atoms with Crippen LogP contribution in [0.1, 0.15) is 12.5 Å². The van der Waals surface area contributed by atoms with Crippen LogP contribution < -0.4 is 5.32 Å². The lowest BCUT2D eigenvalue weighted by molar-refractivity contribution is 0.151. The van der Waals surface area contributed by atoms with Gasteiger partial charge in [-0.25, -0.2) is 9.78 Å². The largest absolute Gasteiger partial charge is 0.450 e. The SMILES string of the molecule is CCOC(=O)NCc1ccc(Cl)nc1. The molecule has 1 amide bonds. The van der Waals surface area contributed by atoms with E-state index >= 15 is 0 Å². The van der Waals surface area contributed by atoms with Crippen molar-refractivity contribution < 1.29 is 9.53 Å². The van der Waals surface area contributed by atoms with Gasteiger partial charge in [0.2, 0.25) is 0 Å².